The summed E-state index contributed by atoms with van der Waals surface area (Å²) in [6, 6.07) is 85.4. The maximum atomic E-state index is 6.69. The highest BCUT2D eigenvalue weighted by Crippen LogP contribution is 2.49. The van der Waals surface area contributed by atoms with Gasteiger partial charge >= 0.3 is 0 Å². The zero-order chi connectivity index (χ0) is 41.7. The lowest BCUT2D eigenvalue weighted by atomic mass is 9.88. The number of thiophene rings is 1. The van der Waals surface area contributed by atoms with Gasteiger partial charge in [0.1, 0.15) is 11.2 Å². The number of fused-ring (bicyclic) bond motifs is 6. The average molecular weight is 822 g/mol. The molecule has 2 nitrogen and oxygen atoms in total. The molecule has 0 amide bonds. The third-order valence-corrected chi connectivity index (χ3v) is 13.5. The first kappa shape index (κ1) is 36.8. The minimum absolute atomic E-state index is 0.884. The summed E-state index contributed by atoms with van der Waals surface area (Å²) in [5.74, 6) is 0. The van der Waals surface area contributed by atoms with E-state index in [0.717, 1.165) is 61.3 Å². The smallest absolute Gasteiger partial charge is 0.143 e. The number of nitrogens with zero attached hydrogens (tertiary/aromatic N) is 1. The van der Waals surface area contributed by atoms with Crippen molar-refractivity contribution >= 4 is 70.5 Å². The highest BCUT2D eigenvalue weighted by molar-refractivity contribution is 7.25. The van der Waals surface area contributed by atoms with Crippen LogP contribution >= 0.6 is 11.3 Å². The van der Waals surface area contributed by atoms with Gasteiger partial charge in [-0.1, -0.05) is 194 Å². The van der Waals surface area contributed by atoms with Crippen molar-refractivity contribution in [2.24, 2.45) is 0 Å². The fourth-order valence-electron chi connectivity index (χ4n) is 9.41. The van der Waals surface area contributed by atoms with Crippen molar-refractivity contribution in [3.63, 3.8) is 0 Å². The number of benzene rings is 10. The van der Waals surface area contributed by atoms with Crippen molar-refractivity contribution in [3.8, 4) is 55.6 Å². The molecule has 2 heterocycles. The van der Waals surface area contributed by atoms with Gasteiger partial charge in [-0.3, -0.25) is 0 Å². The second-order valence-electron chi connectivity index (χ2n) is 16.0. The Morgan fingerprint density at radius 2 is 0.810 bits per heavy atom. The van der Waals surface area contributed by atoms with E-state index in [2.05, 4.69) is 235 Å². The van der Waals surface area contributed by atoms with Crippen LogP contribution in [0.25, 0.3) is 97.7 Å². The zero-order valence-corrected chi connectivity index (χ0v) is 35.1. The van der Waals surface area contributed by atoms with Crippen molar-refractivity contribution in [1.82, 2.24) is 0 Å². The molecule has 12 aromatic rings. The Hall–Kier alpha value is -7.98. The molecule has 0 radical (unpaired) electrons. The number of hydrogen-bond acceptors (Lipinski definition) is 3. The Balaban J connectivity index is 1.06. The van der Waals surface area contributed by atoms with E-state index < -0.39 is 0 Å². The number of anilines is 3. The topological polar surface area (TPSA) is 16.4 Å². The van der Waals surface area contributed by atoms with Gasteiger partial charge in [-0.15, -0.1) is 11.3 Å². The van der Waals surface area contributed by atoms with E-state index in [1.54, 1.807) is 0 Å². The van der Waals surface area contributed by atoms with E-state index in [1.165, 1.54) is 53.6 Å². The predicted molar refractivity (Wildman–Crippen MR) is 268 cm³/mol. The second kappa shape index (κ2) is 15.5. The molecule has 0 N–H and O–H groups in total. The minimum Gasteiger partial charge on any atom is -0.455 e. The first-order valence-corrected chi connectivity index (χ1v) is 22.2. The lowest BCUT2D eigenvalue weighted by Gasteiger charge is -2.30. The van der Waals surface area contributed by atoms with Crippen molar-refractivity contribution < 1.29 is 4.42 Å². The van der Waals surface area contributed by atoms with Crippen LogP contribution in [-0.4, -0.2) is 0 Å². The fraction of sp³-hybridized carbons (Fsp3) is 0. The van der Waals surface area contributed by atoms with E-state index in [4.69, 9.17) is 4.42 Å². The largest absolute Gasteiger partial charge is 0.455 e. The summed E-state index contributed by atoms with van der Waals surface area (Å²) in [5, 5.41) is 4.85. The molecule has 0 aliphatic carbocycles. The van der Waals surface area contributed by atoms with E-state index in [0.29, 0.717) is 0 Å². The molecule has 0 saturated heterocycles. The van der Waals surface area contributed by atoms with Gasteiger partial charge < -0.3 is 9.32 Å². The van der Waals surface area contributed by atoms with Gasteiger partial charge in [0.05, 0.1) is 11.4 Å². The summed E-state index contributed by atoms with van der Waals surface area (Å²) in [6.45, 7) is 0. The van der Waals surface area contributed by atoms with Crippen LogP contribution in [0.15, 0.2) is 241 Å². The Labute approximate surface area is 370 Å². The Kier molecular flexibility index (Phi) is 9.06. The molecule has 12 rings (SSSR count). The van der Waals surface area contributed by atoms with Crippen LogP contribution < -0.4 is 4.90 Å². The maximum Gasteiger partial charge on any atom is 0.143 e. The molecule has 0 saturated carbocycles. The predicted octanol–water partition coefficient (Wildman–Crippen LogP) is 17.8. The first-order chi connectivity index (χ1) is 31.3. The van der Waals surface area contributed by atoms with Gasteiger partial charge in [-0.25, -0.2) is 0 Å². The molecular weight excluding hydrogens is 783 g/mol. The molecule has 0 fully saturated rings. The van der Waals surface area contributed by atoms with Crippen LogP contribution in [-0.2, 0) is 0 Å². The zero-order valence-electron chi connectivity index (χ0n) is 34.3. The second-order valence-corrected chi connectivity index (χ2v) is 17.0. The van der Waals surface area contributed by atoms with Gasteiger partial charge in [0.25, 0.3) is 0 Å². The molecular formula is C60H39NOS. The highest BCUT2D eigenvalue weighted by atomic mass is 32.1. The number of para-hydroxylation sites is 4. The Bertz CT molecular complexity index is 3630. The van der Waals surface area contributed by atoms with Gasteiger partial charge in [0.15, 0.2) is 0 Å². The first-order valence-electron chi connectivity index (χ1n) is 21.4. The average Bonchev–Trinajstić information content (AvgIpc) is 3.93. The van der Waals surface area contributed by atoms with E-state index in [-0.39, 0.29) is 0 Å². The molecule has 2 aromatic heterocycles. The fourth-order valence-corrected chi connectivity index (χ4v) is 10.6. The van der Waals surface area contributed by atoms with E-state index >= 15 is 0 Å². The van der Waals surface area contributed by atoms with Crippen LogP contribution in [0.3, 0.4) is 0 Å². The van der Waals surface area contributed by atoms with Crippen LogP contribution in [0.2, 0.25) is 0 Å². The molecule has 63 heavy (non-hydrogen) atoms. The summed E-state index contributed by atoms with van der Waals surface area (Å²) >= 11 is 1.86. The molecule has 0 aliphatic rings. The quantitative estimate of drug-likeness (QED) is 0.152. The third kappa shape index (κ3) is 6.41. The number of rotatable bonds is 8. The molecule has 296 valence electrons. The monoisotopic (exact) mass is 821 g/mol. The lowest BCUT2D eigenvalue weighted by Crippen LogP contribution is -2.12. The Morgan fingerprint density at radius 1 is 0.302 bits per heavy atom. The SMILES string of the molecule is c1ccc(-c2ccccc2-c2ccccc2-c2ccccc2N(c2ccc(-c3ccc4c(c3)sc3ccccc34)cc2)c2ccccc2-c2cccc3c2oc2ccccc23)cc1. The molecule has 0 atom stereocenters. The maximum absolute atomic E-state index is 6.69. The van der Waals surface area contributed by atoms with Crippen molar-refractivity contribution in [1.29, 1.82) is 0 Å². The van der Waals surface area contributed by atoms with Crippen LogP contribution in [0.5, 0.6) is 0 Å². The third-order valence-electron chi connectivity index (χ3n) is 12.3. The van der Waals surface area contributed by atoms with Gasteiger partial charge in [-0.05, 0) is 81.4 Å². The molecule has 3 heteroatoms. The lowest BCUT2D eigenvalue weighted by molar-refractivity contribution is 0.670. The standard InChI is InChI=1S/C60H39NOS/c1-2-17-41(18-3-1)44-19-4-5-20-45(44)46-21-6-7-22-47(46)48-23-8-12-29-55(48)61(43-36-33-40(34-37-43)42-35-38-52-51-26-11-15-32-58(51)63-59(52)39-42)56-30-13-9-24-49(56)53-27-16-28-54-50-25-10-14-31-57(50)62-60(53)54/h1-39H. The van der Waals surface area contributed by atoms with Crippen molar-refractivity contribution in [2.75, 3.05) is 4.90 Å². The van der Waals surface area contributed by atoms with Crippen molar-refractivity contribution in [2.45, 2.75) is 0 Å². The summed E-state index contributed by atoms with van der Waals surface area (Å²) in [7, 11) is 0. The summed E-state index contributed by atoms with van der Waals surface area (Å²) in [6.07, 6.45) is 0. The molecule has 0 spiro atoms. The molecule has 0 aliphatic heterocycles. The Morgan fingerprint density at radius 3 is 1.56 bits per heavy atom. The van der Waals surface area contributed by atoms with Gasteiger partial charge in [-0.2, -0.15) is 0 Å². The number of hydrogen-bond donors (Lipinski definition) is 0. The van der Waals surface area contributed by atoms with E-state index in [1.807, 2.05) is 17.4 Å². The van der Waals surface area contributed by atoms with Gasteiger partial charge in [0, 0.05) is 53.3 Å². The molecule has 0 bridgehead atoms. The van der Waals surface area contributed by atoms with Gasteiger partial charge in [0.2, 0.25) is 0 Å². The summed E-state index contributed by atoms with van der Waals surface area (Å²) < 4.78 is 9.30. The van der Waals surface area contributed by atoms with Crippen LogP contribution in [0, 0.1) is 0 Å². The molecule has 0 unspecified atom stereocenters. The van der Waals surface area contributed by atoms with Crippen LogP contribution in [0.1, 0.15) is 0 Å². The minimum atomic E-state index is 0.884. The normalized spacial score (nSPS) is 11.5. The molecule has 10 aromatic carbocycles. The highest BCUT2D eigenvalue weighted by Gasteiger charge is 2.24. The van der Waals surface area contributed by atoms with E-state index in [9.17, 15) is 0 Å². The number of furan rings is 1. The summed E-state index contributed by atoms with van der Waals surface area (Å²) in [5.41, 5.74) is 16.5. The summed E-state index contributed by atoms with van der Waals surface area (Å²) in [4.78, 5) is 2.44. The van der Waals surface area contributed by atoms with Crippen LogP contribution in [0.4, 0.5) is 17.1 Å². The van der Waals surface area contributed by atoms with Crippen molar-refractivity contribution in [3.05, 3.63) is 237 Å².